The van der Waals surface area contributed by atoms with E-state index in [1.807, 2.05) is 66.7 Å². The van der Waals surface area contributed by atoms with Crippen molar-refractivity contribution in [3.63, 3.8) is 0 Å². The molecule has 2 atom stereocenters. The molecule has 0 saturated heterocycles. The molecule has 1 heterocycles. The highest BCUT2D eigenvalue weighted by Gasteiger charge is 2.44. The molecule has 26 heavy (non-hydrogen) atoms. The molecule has 5 rings (SSSR count). The van der Waals surface area contributed by atoms with Crippen molar-refractivity contribution in [3.8, 4) is 0 Å². The number of hydrogen-bond donors (Lipinski definition) is 0. The number of rotatable bonds is 1. The van der Waals surface area contributed by atoms with Crippen LogP contribution in [-0.4, -0.2) is 11.5 Å². The van der Waals surface area contributed by atoms with Gasteiger partial charge in [-0.15, -0.1) is 11.8 Å². The van der Waals surface area contributed by atoms with Crippen molar-refractivity contribution >= 4 is 40.5 Å². The van der Waals surface area contributed by atoms with Gasteiger partial charge in [0.1, 0.15) is 0 Å². The third-order valence-electron chi connectivity index (χ3n) is 4.91. The molecule has 0 spiro atoms. The number of carbonyl (C=O) groups is 1. The van der Waals surface area contributed by atoms with Crippen LogP contribution in [0.1, 0.15) is 26.7 Å². The molecule has 2 aliphatic rings. The Morgan fingerprint density at radius 3 is 2.35 bits per heavy atom. The fourth-order valence-corrected chi connectivity index (χ4v) is 5.16. The van der Waals surface area contributed by atoms with Crippen LogP contribution in [0.3, 0.4) is 0 Å². The molecule has 4 heteroatoms. The van der Waals surface area contributed by atoms with Crippen LogP contribution in [0.15, 0.2) is 82.7 Å². The Balaban J connectivity index is 1.75. The zero-order chi connectivity index (χ0) is 17.7. The normalized spacial score (nSPS) is 20.7. The smallest absolute Gasteiger partial charge is 0.174 e. The summed E-state index contributed by atoms with van der Waals surface area (Å²) in [5.41, 5.74) is 4.63. The second kappa shape index (κ2) is 6.11. The number of ketones is 1. The molecule has 0 fully saturated rings. The number of halogens is 1. The van der Waals surface area contributed by atoms with Gasteiger partial charge in [-0.2, -0.15) is 0 Å². The standard InChI is InChI=1S/C22H14ClNOS/c23-14-11-9-13(10-12-14)22-19-20(15-5-1-2-6-16(15)21(19)25)24-17-7-3-4-8-18(17)26-22/h1-12,19,22H/t19-,22-/m0/s1. The van der Waals surface area contributed by atoms with E-state index in [2.05, 4.69) is 6.07 Å². The third kappa shape index (κ3) is 2.43. The van der Waals surface area contributed by atoms with Crippen LogP contribution in [0.25, 0.3) is 0 Å². The van der Waals surface area contributed by atoms with Crippen molar-refractivity contribution in [2.45, 2.75) is 10.1 Å². The summed E-state index contributed by atoms with van der Waals surface area (Å²) in [5.74, 6) is -0.134. The molecule has 0 saturated carbocycles. The minimum atomic E-state index is -0.286. The molecule has 0 aromatic heterocycles. The summed E-state index contributed by atoms with van der Waals surface area (Å²) in [5, 5.41) is 0.664. The Hall–Kier alpha value is -2.36. The number of fused-ring (bicyclic) bond motifs is 4. The van der Waals surface area contributed by atoms with Crippen molar-refractivity contribution in [2.75, 3.05) is 0 Å². The summed E-state index contributed by atoms with van der Waals surface area (Å²) in [4.78, 5) is 19.3. The lowest BCUT2D eigenvalue weighted by Crippen LogP contribution is -2.21. The van der Waals surface area contributed by atoms with Gasteiger partial charge in [-0.25, -0.2) is 0 Å². The first-order chi connectivity index (χ1) is 12.7. The van der Waals surface area contributed by atoms with Crippen LogP contribution >= 0.6 is 23.4 Å². The molecule has 0 unspecified atom stereocenters. The summed E-state index contributed by atoms with van der Waals surface area (Å²) in [6.07, 6.45) is 0. The molecule has 0 amide bonds. The predicted molar refractivity (Wildman–Crippen MR) is 107 cm³/mol. The quantitative estimate of drug-likeness (QED) is 0.512. The van der Waals surface area contributed by atoms with Gasteiger partial charge >= 0.3 is 0 Å². The van der Waals surface area contributed by atoms with E-state index in [1.54, 1.807) is 11.8 Å². The highest BCUT2D eigenvalue weighted by atomic mass is 35.5. The molecule has 0 N–H and O–H groups in total. The summed E-state index contributed by atoms with van der Waals surface area (Å²) < 4.78 is 0. The zero-order valence-corrected chi connectivity index (χ0v) is 15.3. The predicted octanol–water partition coefficient (Wildman–Crippen LogP) is 6.12. The maximum Gasteiger partial charge on any atom is 0.174 e. The number of benzene rings is 3. The average molecular weight is 376 g/mol. The van der Waals surface area contributed by atoms with Crippen molar-refractivity contribution in [1.82, 2.24) is 0 Å². The molecule has 1 aliphatic carbocycles. The van der Waals surface area contributed by atoms with Crippen molar-refractivity contribution in [1.29, 1.82) is 0 Å². The second-order valence-electron chi connectivity index (χ2n) is 6.44. The van der Waals surface area contributed by atoms with E-state index in [-0.39, 0.29) is 17.0 Å². The Labute approximate surface area is 160 Å². The Kier molecular flexibility index (Phi) is 3.73. The Bertz CT molecular complexity index is 1060. The number of para-hydroxylation sites is 1. The summed E-state index contributed by atoms with van der Waals surface area (Å²) in [7, 11) is 0. The number of nitrogens with zero attached hydrogens (tertiary/aromatic N) is 1. The van der Waals surface area contributed by atoms with Gasteiger partial charge in [0.25, 0.3) is 0 Å². The van der Waals surface area contributed by atoms with Crippen molar-refractivity contribution < 1.29 is 4.79 Å². The van der Waals surface area contributed by atoms with Gasteiger partial charge < -0.3 is 0 Å². The molecular formula is C22H14ClNOS. The van der Waals surface area contributed by atoms with Crippen LogP contribution in [0.2, 0.25) is 5.02 Å². The van der Waals surface area contributed by atoms with Gasteiger partial charge in [0.15, 0.2) is 5.78 Å². The van der Waals surface area contributed by atoms with Gasteiger partial charge in [0, 0.05) is 21.0 Å². The molecule has 0 radical (unpaired) electrons. The number of hydrogen-bond acceptors (Lipinski definition) is 3. The Morgan fingerprint density at radius 2 is 1.54 bits per heavy atom. The van der Waals surface area contributed by atoms with Crippen molar-refractivity contribution in [2.24, 2.45) is 10.9 Å². The summed E-state index contributed by atoms with van der Waals surface area (Å²) >= 11 is 7.79. The zero-order valence-electron chi connectivity index (χ0n) is 13.7. The number of carbonyl (C=O) groups excluding carboxylic acids is 1. The highest BCUT2D eigenvalue weighted by molar-refractivity contribution is 7.99. The van der Waals surface area contributed by atoms with Gasteiger partial charge in [-0.1, -0.05) is 60.1 Å². The minimum absolute atomic E-state index is 0.0328. The van der Waals surface area contributed by atoms with E-state index < -0.39 is 0 Å². The first kappa shape index (κ1) is 15.9. The van der Waals surface area contributed by atoms with E-state index in [9.17, 15) is 4.79 Å². The number of aliphatic imine (C=N–C) groups is 1. The van der Waals surface area contributed by atoms with Crippen LogP contribution in [-0.2, 0) is 0 Å². The average Bonchev–Trinajstić information content (AvgIpc) is 2.84. The van der Waals surface area contributed by atoms with E-state index in [1.165, 1.54) is 0 Å². The largest absolute Gasteiger partial charge is 0.293 e. The van der Waals surface area contributed by atoms with Crippen LogP contribution in [0.4, 0.5) is 5.69 Å². The van der Waals surface area contributed by atoms with Gasteiger partial charge in [0.05, 0.1) is 22.6 Å². The van der Waals surface area contributed by atoms with E-state index in [4.69, 9.17) is 16.6 Å². The maximum absolute atomic E-state index is 13.3. The maximum atomic E-state index is 13.3. The van der Waals surface area contributed by atoms with Crippen LogP contribution < -0.4 is 0 Å². The fraction of sp³-hybridized carbons (Fsp3) is 0.0909. The van der Waals surface area contributed by atoms with E-state index in [0.29, 0.717) is 5.02 Å². The monoisotopic (exact) mass is 375 g/mol. The SMILES string of the molecule is O=C1c2ccccc2C2=Nc3ccccc3S[C@@H](c3ccc(Cl)cc3)[C@H]12. The minimum Gasteiger partial charge on any atom is -0.293 e. The first-order valence-electron chi connectivity index (χ1n) is 8.46. The summed E-state index contributed by atoms with van der Waals surface area (Å²) in [6, 6.07) is 23.7. The molecule has 3 aromatic carbocycles. The number of Topliss-reactive ketones (excluding diaryl/α,β-unsaturated/α-hetero) is 1. The topological polar surface area (TPSA) is 29.4 Å². The Morgan fingerprint density at radius 1 is 0.846 bits per heavy atom. The molecular weight excluding hydrogens is 362 g/mol. The third-order valence-corrected chi connectivity index (χ3v) is 6.56. The molecule has 2 nitrogen and oxygen atoms in total. The van der Waals surface area contributed by atoms with Gasteiger partial charge in [-0.3, -0.25) is 9.79 Å². The lowest BCUT2D eigenvalue weighted by Gasteiger charge is -2.21. The molecule has 3 aromatic rings. The molecule has 0 bridgehead atoms. The van der Waals surface area contributed by atoms with E-state index in [0.717, 1.165) is 33.0 Å². The van der Waals surface area contributed by atoms with Gasteiger partial charge in [0.2, 0.25) is 0 Å². The lowest BCUT2D eigenvalue weighted by molar-refractivity contribution is 0.0960. The lowest BCUT2D eigenvalue weighted by atomic mass is 9.93. The number of thioether (sulfide) groups is 1. The van der Waals surface area contributed by atoms with Gasteiger partial charge in [-0.05, 0) is 29.8 Å². The first-order valence-corrected chi connectivity index (χ1v) is 9.71. The fourth-order valence-electron chi connectivity index (χ4n) is 3.69. The van der Waals surface area contributed by atoms with Crippen LogP contribution in [0, 0.1) is 5.92 Å². The molecule has 1 aliphatic heterocycles. The van der Waals surface area contributed by atoms with Crippen molar-refractivity contribution in [3.05, 3.63) is 94.5 Å². The molecule has 126 valence electrons. The highest BCUT2D eigenvalue weighted by Crippen LogP contribution is 2.51. The van der Waals surface area contributed by atoms with E-state index >= 15 is 0 Å². The second-order valence-corrected chi connectivity index (χ2v) is 8.06. The van der Waals surface area contributed by atoms with Crippen LogP contribution in [0.5, 0.6) is 0 Å². The summed E-state index contributed by atoms with van der Waals surface area (Å²) in [6.45, 7) is 0.